The second kappa shape index (κ2) is 4.47. The van der Waals surface area contributed by atoms with Gasteiger partial charge in [-0.3, -0.25) is 4.79 Å². The van der Waals surface area contributed by atoms with E-state index >= 15 is 0 Å². The van der Waals surface area contributed by atoms with Gasteiger partial charge in [-0.05, 0) is 31.2 Å². The highest BCUT2D eigenvalue weighted by molar-refractivity contribution is 5.97. The summed E-state index contributed by atoms with van der Waals surface area (Å²) in [6.07, 6.45) is 11.0. The Kier molecular flexibility index (Phi) is 3.05. The van der Waals surface area contributed by atoms with E-state index < -0.39 is 0 Å². The molecule has 0 aromatic carbocycles. The summed E-state index contributed by atoms with van der Waals surface area (Å²) in [7, 11) is 0. The van der Waals surface area contributed by atoms with Gasteiger partial charge in [-0.2, -0.15) is 0 Å². The number of aryl methyl sites for hydroxylation is 2. The minimum absolute atomic E-state index is 0.319. The Balaban J connectivity index is 2.21. The average molecular weight is 203 g/mol. The van der Waals surface area contributed by atoms with Crippen LogP contribution in [-0.4, -0.2) is 10.4 Å². The zero-order chi connectivity index (χ0) is 10.7. The quantitative estimate of drug-likeness (QED) is 0.547. The van der Waals surface area contributed by atoms with Gasteiger partial charge in [-0.15, -0.1) is 6.58 Å². The summed E-state index contributed by atoms with van der Waals surface area (Å²) in [4.78, 5) is 11.8. The maximum absolute atomic E-state index is 11.8. The van der Waals surface area contributed by atoms with Crippen molar-refractivity contribution in [2.24, 2.45) is 0 Å². The number of Topliss-reactive ketones (excluding diaryl/α,β-unsaturated/α-hetero) is 1. The van der Waals surface area contributed by atoms with E-state index in [1.807, 2.05) is 12.3 Å². The zero-order valence-corrected chi connectivity index (χ0v) is 9.04. The van der Waals surface area contributed by atoms with Crippen LogP contribution >= 0.6 is 0 Å². The summed E-state index contributed by atoms with van der Waals surface area (Å²) >= 11 is 0. The number of hydrogen-bond acceptors (Lipinski definition) is 1. The van der Waals surface area contributed by atoms with Gasteiger partial charge < -0.3 is 4.57 Å². The van der Waals surface area contributed by atoms with E-state index in [1.54, 1.807) is 0 Å². The van der Waals surface area contributed by atoms with Gasteiger partial charge in [0, 0.05) is 30.9 Å². The van der Waals surface area contributed by atoms with Crippen molar-refractivity contribution >= 4 is 5.78 Å². The summed E-state index contributed by atoms with van der Waals surface area (Å²) < 4.78 is 2.12. The molecule has 2 heteroatoms. The van der Waals surface area contributed by atoms with Crippen molar-refractivity contribution in [1.82, 2.24) is 4.57 Å². The van der Waals surface area contributed by atoms with Crippen molar-refractivity contribution < 1.29 is 4.79 Å². The molecular weight excluding hydrogens is 186 g/mol. The van der Waals surface area contributed by atoms with Crippen LogP contribution in [0.1, 0.15) is 41.6 Å². The smallest absolute Gasteiger partial charge is 0.164 e. The van der Waals surface area contributed by atoms with E-state index in [2.05, 4.69) is 17.3 Å². The molecule has 0 aliphatic heterocycles. The van der Waals surface area contributed by atoms with Crippen molar-refractivity contribution in [3.63, 3.8) is 0 Å². The molecule has 0 amide bonds. The molecule has 0 saturated heterocycles. The molecule has 1 aliphatic rings. The standard InChI is InChI=1S/C13H17NO/c1-2-3-8-14-9-11-6-4-5-7-13(15)12(11)10-14/h2,9-10H,1,3-8H2. The first-order valence-electron chi connectivity index (χ1n) is 5.64. The van der Waals surface area contributed by atoms with Crippen molar-refractivity contribution in [2.75, 3.05) is 0 Å². The second-order valence-corrected chi connectivity index (χ2v) is 4.14. The van der Waals surface area contributed by atoms with E-state index in [0.29, 0.717) is 5.78 Å². The van der Waals surface area contributed by atoms with Gasteiger partial charge >= 0.3 is 0 Å². The molecule has 0 atom stereocenters. The maximum atomic E-state index is 11.8. The molecule has 1 aliphatic carbocycles. The fourth-order valence-corrected chi connectivity index (χ4v) is 2.11. The molecule has 2 rings (SSSR count). The molecule has 0 saturated carbocycles. The maximum Gasteiger partial charge on any atom is 0.164 e. The number of hydrogen-bond donors (Lipinski definition) is 0. The Hall–Kier alpha value is -1.31. The van der Waals surface area contributed by atoms with Gasteiger partial charge in [0.1, 0.15) is 0 Å². The first-order chi connectivity index (χ1) is 7.31. The Morgan fingerprint density at radius 2 is 2.13 bits per heavy atom. The van der Waals surface area contributed by atoms with Gasteiger partial charge in [-0.1, -0.05) is 6.08 Å². The lowest BCUT2D eigenvalue weighted by atomic mass is 10.1. The highest BCUT2D eigenvalue weighted by Crippen LogP contribution is 2.21. The second-order valence-electron chi connectivity index (χ2n) is 4.14. The van der Waals surface area contributed by atoms with Gasteiger partial charge in [0.2, 0.25) is 0 Å². The topological polar surface area (TPSA) is 22.0 Å². The molecule has 0 fully saturated rings. The van der Waals surface area contributed by atoms with Crippen LogP contribution in [0.2, 0.25) is 0 Å². The summed E-state index contributed by atoms with van der Waals surface area (Å²) in [5.74, 6) is 0.319. The first-order valence-corrected chi connectivity index (χ1v) is 5.64. The van der Waals surface area contributed by atoms with Crippen LogP contribution in [0, 0.1) is 0 Å². The van der Waals surface area contributed by atoms with E-state index in [9.17, 15) is 4.79 Å². The van der Waals surface area contributed by atoms with Crippen LogP contribution in [-0.2, 0) is 13.0 Å². The largest absolute Gasteiger partial charge is 0.353 e. The van der Waals surface area contributed by atoms with Gasteiger partial charge in [0.05, 0.1) is 0 Å². The van der Waals surface area contributed by atoms with Crippen LogP contribution in [0.4, 0.5) is 0 Å². The minimum atomic E-state index is 0.319. The average Bonchev–Trinajstić information content (AvgIpc) is 2.57. The number of fused-ring (bicyclic) bond motifs is 1. The minimum Gasteiger partial charge on any atom is -0.353 e. The SMILES string of the molecule is C=CCCn1cc2c(c1)C(=O)CCCC2. The normalized spacial score (nSPS) is 15.9. The lowest BCUT2D eigenvalue weighted by Gasteiger charge is -1.98. The first kappa shape index (κ1) is 10.2. The molecule has 80 valence electrons. The lowest BCUT2D eigenvalue weighted by molar-refractivity contribution is 0.0982. The third-order valence-corrected chi connectivity index (χ3v) is 2.95. The van der Waals surface area contributed by atoms with Crippen LogP contribution in [0.5, 0.6) is 0 Å². The number of carbonyl (C=O) groups is 1. The molecule has 0 N–H and O–H groups in total. The molecular formula is C13H17NO. The number of allylic oxidation sites excluding steroid dienone is 1. The van der Waals surface area contributed by atoms with Crippen molar-refractivity contribution in [3.05, 3.63) is 36.2 Å². The predicted molar refractivity (Wildman–Crippen MR) is 61.1 cm³/mol. The number of nitrogens with zero attached hydrogens (tertiary/aromatic N) is 1. The Morgan fingerprint density at radius 1 is 1.33 bits per heavy atom. The zero-order valence-electron chi connectivity index (χ0n) is 9.04. The van der Waals surface area contributed by atoms with Gasteiger partial charge in [0.25, 0.3) is 0 Å². The van der Waals surface area contributed by atoms with Gasteiger partial charge in [0.15, 0.2) is 5.78 Å². The summed E-state index contributed by atoms with van der Waals surface area (Å²) in [5.41, 5.74) is 2.19. The fraction of sp³-hybridized carbons (Fsp3) is 0.462. The van der Waals surface area contributed by atoms with E-state index in [1.165, 1.54) is 5.56 Å². The van der Waals surface area contributed by atoms with E-state index in [4.69, 9.17) is 0 Å². The molecule has 1 aromatic heterocycles. The van der Waals surface area contributed by atoms with Crippen LogP contribution in [0.25, 0.3) is 0 Å². The highest BCUT2D eigenvalue weighted by atomic mass is 16.1. The summed E-state index contributed by atoms with van der Waals surface area (Å²) in [6, 6.07) is 0. The van der Waals surface area contributed by atoms with Gasteiger partial charge in [-0.25, -0.2) is 0 Å². The summed E-state index contributed by atoms with van der Waals surface area (Å²) in [6.45, 7) is 4.64. The fourth-order valence-electron chi connectivity index (χ4n) is 2.11. The molecule has 0 bridgehead atoms. The molecule has 15 heavy (non-hydrogen) atoms. The Bertz CT molecular complexity index is 376. The number of ketones is 1. The predicted octanol–water partition coefficient (Wildman–Crippen LogP) is 2.97. The van der Waals surface area contributed by atoms with Crippen LogP contribution in [0.3, 0.4) is 0 Å². The van der Waals surface area contributed by atoms with E-state index in [0.717, 1.165) is 44.2 Å². The number of rotatable bonds is 3. The lowest BCUT2D eigenvalue weighted by Crippen LogP contribution is -1.97. The number of carbonyl (C=O) groups excluding carboxylic acids is 1. The Morgan fingerprint density at radius 3 is 2.93 bits per heavy atom. The number of aromatic nitrogens is 1. The molecule has 1 heterocycles. The molecule has 2 nitrogen and oxygen atoms in total. The molecule has 0 unspecified atom stereocenters. The third kappa shape index (κ3) is 2.20. The molecule has 1 aromatic rings. The van der Waals surface area contributed by atoms with Crippen molar-refractivity contribution in [3.8, 4) is 0 Å². The third-order valence-electron chi connectivity index (χ3n) is 2.95. The van der Waals surface area contributed by atoms with Crippen molar-refractivity contribution in [1.29, 1.82) is 0 Å². The van der Waals surface area contributed by atoms with Crippen molar-refractivity contribution in [2.45, 2.75) is 38.6 Å². The monoisotopic (exact) mass is 203 g/mol. The van der Waals surface area contributed by atoms with Crippen LogP contribution in [0.15, 0.2) is 25.0 Å². The Labute approximate surface area is 90.6 Å². The summed E-state index contributed by atoms with van der Waals surface area (Å²) in [5, 5.41) is 0. The molecule has 0 spiro atoms. The highest BCUT2D eigenvalue weighted by Gasteiger charge is 2.17. The van der Waals surface area contributed by atoms with E-state index in [-0.39, 0.29) is 0 Å². The van der Waals surface area contributed by atoms with Crippen LogP contribution < -0.4 is 0 Å². The molecule has 0 radical (unpaired) electrons.